The second-order valence-electron chi connectivity index (χ2n) is 12.4. The number of hydrogen-bond acceptors (Lipinski definition) is 8. The number of benzene rings is 1. The number of likely N-dealkylation sites (N-methyl/N-ethyl adjacent to an activating group) is 2. The van der Waals surface area contributed by atoms with E-state index in [0.29, 0.717) is 38.2 Å². The summed E-state index contributed by atoms with van der Waals surface area (Å²) in [5, 5.41) is 13.8. The van der Waals surface area contributed by atoms with Gasteiger partial charge in [-0.2, -0.15) is 0 Å². The van der Waals surface area contributed by atoms with E-state index in [0.717, 1.165) is 24.1 Å². The molecule has 0 aromatic heterocycles. The van der Waals surface area contributed by atoms with Gasteiger partial charge in [-0.1, -0.05) is 38.5 Å². The Balaban J connectivity index is 1.94. The lowest BCUT2D eigenvalue weighted by atomic mass is 10.0. The molecule has 15 heteroatoms. The summed E-state index contributed by atoms with van der Waals surface area (Å²) < 4.78 is 5.33. The average molecular weight is 699 g/mol. The van der Waals surface area contributed by atoms with E-state index in [9.17, 15) is 28.8 Å². The van der Waals surface area contributed by atoms with Crippen molar-refractivity contribution in [2.75, 3.05) is 45.6 Å². The molecular weight excluding hydrogens is 644 g/mol. The zero-order valence-electron chi connectivity index (χ0n) is 29.9. The van der Waals surface area contributed by atoms with Gasteiger partial charge in [-0.25, -0.2) is 9.59 Å². The van der Waals surface area contributed by atoms with Crippen LogP contribution in [0.1, 0.15) is 64.9 Å². The molecule has 1 aromatic carbocycles. The summed E-state index contributed by atoms with van der Waals surface area (Å²) in [5.41, 5.74) is 7.21. The van der Waals surface area contributed by atoms with E-state index >= 15 is 0 Å². The summed E-state index contributed by atoms with van der Waals surface area (Å²) in [6.07, 6.45) is 7.56. The molecule has 2 unspecified atom stereocenters. The molecule has 1 aliphatic heterocycles. The molecule has 1 aliphatic rings. The summed E-state index contributed by atoms with van der Waals surface area (Å²) >= 11 is 0. The van der Waals surface area contributed by atoms with Crippen LogP contribution >= 0.6 is 0 Å². The van der Waals surface area contributed by atoms with Crippen LogP contribution < -0.4 is 32.3 Å². The topological polar surface area (TPSA) is 204 Å². The lowest BCUT2D eigenvalue weighted by Crippen LogP contribution is -2.54. The van der Waals surface area contributed by atoms with Crippen molar-refractivity contribution >= 4 is 41.4 Å². The number of hydrogen-bond donors (Lipinski definition) is 6. The molecule has 2 atom stereocenters. The zero-order valence-corrected chi connectivity index (χ0v) is 29.9. The van der Waals surface area contributed by atoms with Gasteiger partial charge in [0.2, 0.25) is 17.7 Å². The largest absolute Gasteiger partial charge is 0.445 e. The highest BCUT2D eigenvalue weighted by Crippen LogP contribution is 2.17. The highest BCUT2D eigenvalue weighted by atomic mass is 16.6. The van der Waals surface area contributed by atoms with Gasteiger partial charge in [0.1, 0.15) is 18.7 Å². The highest BCUT2D eigenvalue weighted by molar-refractivity contribution is 5.98. The van der Waals surface area contributed by atoms with E-state index < -0.39 is 36.0 Å². The third kappa shape index (κ3) is 14.7. The number of carbonyl (C=O) groups is 6. The number of amides is 7. The highest BCUT2D eigenvalue weighted by Gasteiger charge is 2.29. The van der Waals surface area contributed by atoms with Gasteiger partial charge in [0, 0.05) is 57.1 Å². The summed E-state index contributed by atoms with van der Waals surface area (Å²) in [4.78, 5) is 78.1. The van der Waals surface area contributed by atoms with Crippen molar-refractivity contribution in [1.29, 1.82) is 0 Å². The van der Waals surface area contributed by atoms with Crippen molar-refractivity contribution < 1.29 is 33.5 Å². The van der Waals surface area contributed by atoms with Crippen molar-refractivity contribution in [1.82, 2.24) is 31.1 Å². The average Bonchev–Trinajstić information content (AvgIpc) is 3.44. The number of urea groups is 1. The van der Waals surface area contributed by atoms with Gasteiger partial charge in [0.15, 0.2) is 0 Å². The van der Waals surface area contributed by atoms with E-state index in [2.05, 4.69) is 26.6 Å². The summed E-state index contributed by atoms with van der Waals surface area (Å²) in [6, 6.07) is 4.20. The quantitative estimate of drug-likeness (QED) is 0.105. The fraction of sp³-hybridized carbons (Fsp3) is 0.543. The van der Waals surface area contributed by atoms with Crippen LogP contribution in [0.25, 0.3) is 0 Å². The summed E-state index contributed by atoms with van der Waals surface area (Å²) in [7, 11) is 3.45. The van der Waals surface area contributed by atoms with Crippen LogP contribution in [-0.2, 0) is 30.5 Å². The van der Waals surface area contributed by atoms with Gasteiger partial charge in [-0.05, 0) is 69.3 Å². The van der Waals surface area contributed by atoms with Gasteiger partial charge in [-0.15, -0.1) is 0 Å². The molecule has 0 bridgehead atoms. The smallest absolute Gasteiger partial charge is 0.409 e. The third-order valence-electron chi connectivity index (χ3n) is 8.02. The van der Waals surface area contributed by atoms with Crippen LogP contribution in [0, 0.1) is 5.92 Å². The zero-order chi connectivity index (χ0) is 37.1. The SMILES string of the molecule is CC=C1C=CC(=O)N1CCCCCC(=O)NC(C(=O)NC(CCCNC(N)=O)C(=O)Nc1ccc(COC(=O)N(C)CCNC)cc1)C(C)C. The predicted octanol–water partition coefficient (Wildman–Crippen LogP) is 2.35. The molecule has 0 spiro atoms. The van der Waals surface area contributed by atoms with Crippen LogP contribution in [0.5, 0.6) is 0 Å². The monoisotopic (exact) mass is 698 g/mol. The van der Waals surface area contributed by atoms with E-state index in [1.807, 2.05) is 13.0 Å². The lowest BCUT2D eigenvalue weighted by Gasteiger charge is -2.25. The number of nitrogens with zero attached hydrogens (tertiary/aromatic N) is 2. The third-order valence-corrected chi connectivity index (χ3v) is 8.02. The Labute approximate surface area is 294 Å². The van der Waals surface area contributed by atoms with Crippen molar-refractivity contribution in [2.45, 2.75) is 78.0 Å². The maximum atomic E-state index is 13.4. The number of rotatable bonds is 21. The minimum Gasteiger partial charge on any atom is -0.445 e. The molecule has 0 aliphatic carbocycles. The Morgan fingerprint density at radius 1 is 0.960 bits per heavy atom. The molecule has 7 amide bonds. The van der Waals surface area contributed by atoms with Crippen LogP contribution in [0.3, 0.4) is 0 Å². The molecule has 7 N–H and O–H groups in total. The van der Waals surface area contributed by atoms with E-state index in [4.69, 9.17) is 10.5 Å². The van der Waals surface area contributed by atoms with Crippen molar-refractivity contribution in [3.8, 4) is 0 Å². The van der Waals surface area contributed by atoms with E-state index in [1.165, 1.54) is 4.90 Å². The number of ether oxygens (including phenoxy) is 1. The van der Waals surface area contributed by atoms with Crippen molar-refractivity contribution in [2.24, 2.45) is 11.7 Å². The number of allylic oxidation sites excluding steroid dienone is 2. The maximum absolute atomic E-state index is 13.4. The number of unbranched alkanes of at least 4 members (excludes halogenated alkanes) is 2. The molecule has 276 valence electrons. The molecule has 2 rings (SSSR count). The fourth-order valence-electron chi connectivity index (χ4n) is 5.06. The Hall–Kier alpha value is -4.92. The second kappa shape index (κ2) is 21.9. The van der Waals surface area contributed by atoms with E-state index in [1.54, 1.807) is 69.3 Å². The first-order valence-electron chi connectivity index (χ1n) is 17.1. The molecule has 0 saturated carbocycles. The molecular formula is C35H54N8O7. The molecule has 0 saturated heterocycles. The molecule has 15 nitrogen and oxygen atoms in total. The van der Waals surface area contributed by atoms with Crippen molar-refractivity contribution in [3.05, 3.63) is 53.8 Å². The standard InChI is InChI=1S/C35H54N8O7/c1-6-27-17-18-30(45)43(27)21-9-7-8-12-29(44)41-31(24(2)3)33(47)40-28(11-10-19-38-34(36)48)32(46)39-26-15-13-25(14-16-26)23-50-35(49)42(5)22-20-37-4/h6,13-18,24,28,31,37H,7-12,19-23H2,1-5H3,(H,39,46)(H,40,47)(H,41,44)(H3,36,38,48). The van der Waals surface area contributed by atoms with Crippen LogP contribution in [0.4, 0.5) is 15.3 Å². The number of nitrogens with two attached hydrogens (primary N) is 1. The first-order chi connectivity index (χ1) is 23.9. The number of carbonyl (C=O) groups excluding carboxylic acids is 6. The Bertz CT molecular complexity index is 1360. The number of nitrogens with one attached hydrogen (secondary N) is 5. The van der Waals surface area contributed by atoms with Gasteiger partial charge in [0.05, 0.1) is 0 Å². The molecule has 50 heavy (non-hydrogen) atoms. The summed E-state index contributed by atoms with van der Waals surface area (Å²) in [6.45, 7) is 7.44. The maximum Gasteiger partial charge on any atom is 0.409 e. The molecule has 0 radical (unpaired) electrons. The molecule has 1 heterocycles. The minimum absolute atomic E-state index is 0.0462. The van der Waals surface area contributed by atoms with Crippen LogP contribution in [0.15, 0.2) is 48.2 Å². The fourth-order valence-corrected chi connectivity index (χ4v) is 5.06. The summed E-state index contributed by atoms with van der Waals surface area (Å²) in [5.74, 6) is -1.59. The number of anilines is 1. The Kier molecular flexibility index (Phi) is 18.1. The van der Waals surface area contributed by atoms with Crippen LogP contribution in [0.2, 0.25) is 0 Å². The molecule has 1 aromatic rings. The van der Waals surface area contributed by atoms with Gasteiger partial charge < -0.3 is 46.9 Å². The molecule has 0 fully saturated rings. The van der Waals surface area contributed by atoms with Gasteiger partial charge in [0.25, 0.3) is 5.91 Å². The lowest BCUT2D eigenvalue weighted by molar-refractivity contribution is -0.132. The van der Waals surface area contributed by atoms with Crippen LogP contribution in [-0.4, -0.2) is 97.9 Å². The van der Waals surface area contributed by atoms with Gasteiger partial charge >= 0.3 is 12.1 Å². The number of primary amides is 1. The van der Waals surface area contributed by atoms with Crippen molar-refractivity contribution in [3.63, 3.8) is 0 Å². The first kappa shape index (κ1) is 41.3. The predicted molar refractivity (Wildman–Crippen MR) is 190 cm³/mol. The Morgan fingerprint density at radius 2 is 1.68 bits per heavy atom. The Morgan fingerprint density at radius 3 is 2.32 bits per heavy atom. The second-order valence-corrected chi connectivity index (χ2v) is 12.4. The first-order valence-corrected chi connectivity index (χ1v) is 17.1. The van der Waals surface area contributed by atoms with E-state index in [-0.39, 0.29) is 43.7 Å². The normalized spacial score (nSPS) is 14.3. The van der Waals surface area contributed by atoms with Gasteiger partial charge in [-0.3, -0.25) is 19.2 Å². The minimum atomic E-state index is -0.978.